The summed E-state index contributed by atoms with van der Waals surface area (Å²) in [5.41, 5.74) is 2.07. The van der Waals surface area contributed by atoms with E-state index in [0.29, 0.717) is 6.61 Å². The minimum Gasteiger partial charge on any atom is -0.493 e. The third-order valence-corrected chi connectivity index (χ3v) is 5.37. The molecule has 0 bridgehead atoms. The van der Waals surface area contributed by atoms with Crippen LogP contribution in [-0.2, 0) is 6.54 Å². The van der Waals surface area contributed by atoms with Crippen molar-refractivity contribution in [2.24, 2.45) is 0 Å². The maximum absolute atomic E-state index is 5.63. The van der Waals surface area contributed by atoms with Crippen LogP contribution in [0.3, 0.4) is 0 Å². The molecule has 0 unspecified atom stereocenters. The number of benzene rings is 2. The fourth-order valence-electron chi connectivity index (χ4n) is 2.61. The first-order valence-electron chi connectivity index (χ1n) is 8.89. The van der Waals surface area contributed by atoms with Gasteiger partial charge in [-0.3, -0.25) is 0 Å². The quantitative estimate of drug-likeness (QED) is 0.362. The van der Waals surface area contributed by atoms with Gasteiger partial charge in [0.15, 0.2) is 11.5 Å². The number of tetrazole rings is 1. The van der Waals surface area contributed by atoms with Crippen LogP contribution in [0.15, 0.2) is 52.1 Å². The Hall–Kier alpha value is -2.10. The normalized spacial score (nSPS) is 10.8. The van der Waals surface area contributed by atoms with Crippen LogP contribution in [0, 0.1) is 0 Å². The number of rotatable bonds is 10. The monoisotopic (exact) mass is 463 g/mol. The van der Waals surface area contributed by atoms with Gasteiger partial charge >= 0.3 is 0 Å². The number of thioether (sulfide) groups is 1. The Morgan fingerprint density at radius 2 is 2.04 bits per heavy atom. The molecule has 1 heterocycles. The first-order chi connectivity index (χ1) is 13.7. The summed E-state index contributed by atoms with van der Waals surface area (Å²) >= 11 is 5.17. The molecular weight excluding hydrogens is 442 g/mol. The van der Waals surface area contributed by atoms with E-state index in [2.05, 4.69) is 36.8 Å². The Labute approximate surface area is 176 Å². The fraction of sp³-hybridized carbons (Fsp3) is 0.316. The van der Waals surface area contributed by atoms with Crippen molar-refractivity contribution in [3.8, 4) is 17.2 Å². The van der Waals surface area contributed by atoms with Crippen LogP contribution >= 0.6 is 27.7 Å². The number of hydrogen-bond acceptors (Lipinski definition) is 7. The molecule has 1 N–H and O–H groups in total. The molecule has 0 saturated carbocycles. The number of methoxy groups -OCH3 is 1. The molecule has 0 aliphatic rings. The molecule has 3 rings (SSSR count). The summed E-state index contributed by atoms with van der Waals surface area (Å²) in [6, 6.07) is 13.9. The molecule has 148 valence electrons. The predicted molar refractivity (Wildman–Crippen MR) is 113 cm³/mol. The van der Waals surface area contributed by atoms with Crippen molar-refractivity contribution < 1.29 is 9.47 Å². The summed E-state index contributed by atoms with van der Waals surface area (Å²) in [6.07, 6.45) is 0. The fourth-order valence-corrected chi connectivity index (χ4v) is 4.00. The SMILES string of the molecule is CCOc1c(Br)cc(CNCCSc2nnnn2-c2ccccc2)cc1OC. The highest BCUT2D eigenvalue weighted by molar-refractivity contribution is 9.10. The number of hydrogen-bond donors (Lipinski definition) is 1. The van der Waals surface area contributed by atoms with Crippen molar-refractivity contribution in [2.45, 2.75) is 18.6 Å². The minimum atomic E-state index is 0.590. The van der Waals surface area contributed by atoms with Crippen LogP contribution in [-0.4, -0.2) is 46.2 Å². The van der Waals surface area contributed by atoms with E-state index in [1.54, 1.807) is 23.6 Å². The van der Waals surface area contributed by atoms with Crippen LogP contribution < -0.4 is 14.8 Å². The molecular formula is C19H22BrN5O2S. The van der Waals surface area contributed by atoms with Gasteiger partial charge in [-0.1, -0.05) is 30.0 Å². The lowest BCUT2D eigenvalue weighted by Crippen LogP contribution is -2.17. The molecule has 0 amide bonds. The van der Waals surface area contributed by atoms with Gasteiger partial charge in [0.05, 0.1) is 23.9 Å². The second-order valence-corrected chi connectivity index (χ2v) is 7.69. The van der Waals surface area contributed by atoms with E-state index in [1.165, 1.54) is 0 Å². The molecule has 0 aliphatic heterocycles. The van der Waals surface area contributed by atoms with Gasteiger partial charge in [-0.2, -0.15) is 4.68 Å². The van der Waals surface area contributed by atoms with Gasteiger partial charge in [0.2, 0.25) is 5.16 Å². The molecule has 1 aromatic heterocycles. The lowest BCUT2D eigenvalue weighted by atomic mass is 10.2. The van der Waals surface area contributed by atoms with E-state index < -0.39 is 0 Å². The molecule has 0 aliphatic carbocycles. The third-order valence-electron chi connectivity index (χ3n) is 3.86. The van der Waals surface area contributed by atoms with Crippen molar-refractivity contribution in [1.82, 2.24) is 25.5 Å². The average molecular weight is 464 g/mol. The zero-order chi connectivity index (χ0) is 19.8. The number of para-hydroxylation sites is 1. The van der Waals surface area contributed by atoms with Gasteiger partial charge in [-0.05, 0) is 63.1 Å². The first kappa shape index (κ1) is 20.6. The van der Waals surface area contributed by atoms with Gasteiger partial charge in [0.1, 0.15) is 0 Å². The predicted octanol–water partition coefficient (Wildman–Crippen LogP) is 3.71. The smallest absolute Gasteiger partial charge is 0.214 e. The third kappa shape index (κ3) is 5.24. The maximum Gasteiger partial charge on any atom is 0.214 e. The largest absolute Gasteiger partial charge is 0.493 e. The number of ether oxygens (including phenoxy) is 2. The van der Waals surface area contributed by atoms with Crippen molar-refractivity contribution in [2.75, 3.05) is 26.0 Å². The first-order valence-corrected chi connectivity index (χ1v) is 10.7. The highest BCUT2D eigenvalue weighted by Crippen LogP contribution is 2.36. The minimum absolute atomic E-state index is 0.590. The Kier molecular flexibility index (Phi) is 7.70. The van der Waals surface area contributed by atoms with Gasteiger partial charge in [0, 0.05) is 18.8 Å². The van der Waals surface area contributed by atoms with Gasteiger partial charge < -0.3 is 14.8 Å². The molecule has 0 atom stereocenters. The molecule has 7 nitrogen and oxygen atoms in total. The lowest BCUT2D eigenvalue weighted by Gasteiger charge is -2.13. The van der Waals surface area contributed by atoms with Crippen LogP contribution in [0.1, 0.15) is 12.5 Å². The van der Waals surface area contributed by atoms with E-state index >= 15 is 0 Å². The van der Waals surface area contributed by atoms with E-state index in [1.807, 2.05) is 49.4 Å². The Bertz CT molecular complexity index is 891. The average Bonchev–Trinajstić information content (AvgIpc) is 3.18. The maximum atomic E-state index is 5.63. The lowest BCUT2D eigenvalue weighted by molar-refractivity contribution is 0.308. The van der Waals surface area contributed by atoms with Gasteiger partial charge in [0.25, 0.3) is 0 Å². The van der Waals surface area contributed by atoms with E-state index in [9.17, 15) is 0 Å². The summed E-state index contributed by atoms with van der Waals surface area (Å²) in [5, 5.41) is 16.2. The zero-order valence-corrected chi connectivity index (χ0v) is 18.2. The van der Waals surface area contributed by atoms with E-state index in [4.69, 9.17) is 9.47 Å². The van der Waals surface area contributed by atoms with Gasteiger partial charge in [-0.15, -0.1) is 5.10 Å². The topological polar surface area (TPSA) is 74.1 Å². The van der Waals surface area contributed by atoms with Crippen molar-refractivity contribution in [1.29, 1.82) is 0 Å². The number of nitrogens with one attached hydrogen (secondary N) is 1. The Morgan fingerprint density at radius 1 is 1.21 bits per heavy atom. The van der Waals surface area contributed by atoms with Crippen LogP contribution in [0.4, 0.5) is 0 Å². The second kappa shape index (κ2) is 10.4. The van der Waals surface area contributed by atoms with Crippen molar-refractivity contribution in [3.05, 3.63) is 52.5 Å². The summed E-state index contributed by atoms with van der Waals surface area (Å²) < 4.78 is 13.7. The molecule has 0 spiro atoms. The Morgan fingerprint density at radius 3 is 2.79 bits per heavy atom. The van der Waals surface area contributed by atoms with Crippen molar-refractivity contribution >= 4 is 27.7 Å². The Balaban J connectivity index is 1.51. The van der Waals surface area contributed by atoms with E-state index in [0.717, 1.165) is 51.2 Å². The summed E-state index contributed by atoms with van der Waals surface area (Å²) in [5.74, 6) is 2.31. The van der Waals surface area contributed by atoms with E-state index in [-0.39, 0.29) is 0 Å². The van der Waals surface area contributed by atoms with Crippen LogP contribution in [0.5, 0.6) is 11.5 Å². The van der Waals surface area contributed by atoms with Gasteiger partial charge in [-0.25, -0.2) is 0 Å². The van der Waals surface area contributed by atoms with Crippen LogP contribution in [0.2, 0.25) is 0 Å². The molecule has 9 heteroatoms. The number of halogens is 1. The molecule has 0 saturated heterocycles. The van der Waals surface area contributed by atoms with Crippen molar-refractivity contribution in [3.63, 3.8) is 0 Å². The number of nitrogens with zero attached hydrogens (tertiary/aromatic N) is 4. The molecule has 0 radical (unpaired) electrons. The standard InChI is InChI=1S/C19H22BrN5O2S/c1-3-27-18-16(20)11-14(12-17(18)26-2)13-21-9-10-28-19-22-23-24-25(19)15-7-5-4-6-8-15/h4-8,11-12,21H,3,9-10,13H2,1-2H3. The summed E-state index contributed by atoms with van der Waals surface area (Å²) in [4.78, 5) is 0. The van der Waals surface area contributed by atoms with Crippen LogP contribution in [0.25, 0.3) is 5.69 Å². The summed E-state index contributed by atoms with van der Waals surface area (Å²) in [6.45, 7) is 4.09. The highest BCUT2D eigenvalue weighted by Gasteiger charge is 2.11. The zero-order valence-electron chi connectivity index (χ0n) is 15.8. The molecule has 28 heavy (non-hydrogen) atoms. The second-order valence-electron chi connectivity index (χ2n) is 5.78. The molecule has 3 aromatic rings. The molecule has 0 fully saturated rings. The summed E-state index contributed by atoms with van der Waals surface area (Å²) in [7, 11) is 1.65. The molecule has 2 aromatic carbocycles. The highest BCUT2D eigenvalue weighted by atomic mass is 79.9. The number of aromatic nitrogens is 4.